The minimum absolute atomic E-state index is 0.00125. The van der Waals surface area contributed by atoms with Crippen LogP contribution in [0.1, 0.15) is 15.9 Å². The van der Waals surface area contributed by atoms with Gasteiger partial charge in [0, 0.05) is 14.2 Å². The van der Waals surface area contributed by atoms with Crippen LogP contribution in [0.5, 0.6) is 0 Å². The molecule has 3 heteroatoms. The van der Waals surface area contributed by atoms with Crippen LogP contribution in [0.25, 0.3) is 6.08 Å². The van der Waals surface area contributed by atoms with Crippen LogP contribution in [-0.4, -0.2) is 5.78 Å². The summed E-state index contributed by atoms with van der Waals surface area (Å²) in [7, 11) is 0. The second-order valence-electron chi connectivity index (χ2n) is 3.76. The quantitative estimate of drug-likeness (QED) is 0.430. The monoisotopic (exact) mass is 368 g/mol. The van der Waals surface area contributed by atoms with E-state index in [2.05, 4.69) is 22.6 Å². The molecule has 0 heterocycles. The summed E-state index contributed by atoms with van der Waals surface area (Å²) in [5.74, 6) is 0.00125. The lowest BCUT2D eigenvalue weighted by Gasteiger charge is -1.96. The summed E-state index contributed by atoms with van der Waals surface area (Å²) in [6, 6.07) is 14.9. The normalized spacial score (nSPS) is 10.8. The molecule has 2 aromatic carbocycles. The standard InChI is InChI=1S/C15H10ClIO/c16-13-6-1-11(2-7-13)3-10-15(18)12-4-8-14(17)9-5-12/h1-10H. The highest BCUT2D eigenvalue weighted by Gasteiger charge is 2.00. The molecule has 0 aromatic heterocycles. The van der Waals surface area contributed by atoms with Gasteiger partial charge in [0.05, 0.1) is 0 Å². The molecule has 0 saturated carbocycles. The molecule has 0 bridgehead atoms. The molecule has 0 amide bonds. The van der Waals surface area contributed by atoms with Gasteiger partial charge in [-0.1, -0.05) is 41.9 Å². The molecule has 0 aliphatic heterocycles. The van der Waals surface area contributed by atoms with E-state index in [0.29, 0.717) is 10.6 Å². The highest BCUT2D eigenvalue weighted by Crippen LogP contribution is 2.12. The number of ketones is 1. The number of carbonyl (C=O) groups is 1. The van der Waals surface area contributed by atoms with Crippen LogP contribution in [-0.2, 0) is 0 Å². The Morgan fingerprint density at radius 1 is 1.00 bits per heavy atom. The van der Waals surface area contributed by atoms with Gasteiger partial charge in [-0.15, -0.1) is 0 Å². The summed E-state index contributed by atoms with van der Waals surface area (Å²) in [5, 5.41) is 0.691. The summed E-state index contributed by atoms with van der Waals surface area (Å²) in [5.41, 5.74) is 1.65. The summed E-state index contributed by atoms with van der Waals surface area (Å²) in [6.45, 7) is 0. The van der Waals surface area contributed by atoms with E-state index in [0.717, 1.165) is 9.13 Å². The maximum Gasteiger partial charge on any atom is 0.185 e. The van der Waals surface area contributed by atoms with Crippen molar-refractivity contribution in [2.45, 2.75) is 0 Å². The molecule has 0 unspecified atom stereocenters. The fraction of sp³-hybridized carbons (Fsp3) is 0. The average Bonchev–Trinajstić information content (AvgIpc) is 2.38. The number of benzene rings is 2. The number of hydrogen-bond donors (Lipinski definition) is 0. The van der Waals surface area contributed by atoms with E-state index < -0.39 is 0 Å². The van der Waals surface area contributed by atoms with E-state index in [4.69, 9.17) is 11.6 Å². The predicted molar refractivity (Wildman–Crippen MR) is 84.0 cm³/mol. The van der Waals surface area contributed by atoms with Crippen molar-refractivity contribution in [3.05, 3.63) is 74.3 Å². The summed E-state index contributed by atoms with van der Waals surface area (Å²) in [6.07, 6.45) is 3.36. The summed E-state index contributed by atoms with van der Waals surface area (Å²) >= 11 is 8.01. The number of hydrogen-bond acceptors (Lipinski definition) is 1. The number of allylic oxidation sites excluding steroid dienone is 1. The number of rotatable bonds is 3. The topological polar surface area (TPSA) is 17.1 Å². The van der Waals surface area contributed by atoms with Gasteiger partial charge in [-0.2, -0.15) is 0 Å². The number of carbonyl (C=O) groups excluding carboxylic acids is 1. The molecule has 0 N–H and O–H groups in total. The van der Waals surface area contributed by atoms with E-state index in [1.807, 2.05) is 36.4 Å². The van der Waals surface area contributed by atoms with Crippen molar-refractivity contribution in [2.24, 2.45) is 0 Å². The lowest BCUT2D eigenvalue weighted by atomic mass is 10.1. The van der Waals surface area contributed by atoms with Crippen molar-refractivity contribution >= 4 is 46.1 Å². The van der Waals surface area contributed by atoms with Crippen molar-refractivity contribution in [1.82, 2.24) is 0 Å². The highest BCUT2D eigenvalue weighted by atomic mass is 127. The van der Waals surface area contributed by atoms with E-state index in [9.17, 15) is 4.79 Å². The minimum Gasteiger partial charge on any atom is -0.289 e. The second kappa shape index (κ2) is 6.16. The Kier molecular flexibility index (Phi) is 4.55. The summed E-state index contributed by atoms with van der Waals surface area (Å²) in [4.78, 5) is 11.9. The Balaban J connectivity index is 2.11. The van der Waals surface area contributed by atoms with E-state index in [1.54, 1.807) is 24.3 Å². The van der Waals surface area contributed by atoms with Gasteiger partial charge in [0.1, 0.15) is 0 Å². The van der Waals surface area contributed by atoms with Gasteiger partial charge in [-0.25, -0.2) is 0 Å². The lowest BCUT2D eigenvalue weighted by molar-refractivity contribution is 0.104. The van der Waals surface area contributed by atoms with Crippen LogP contribution in [0.4, 0.5) is 0 Å². The van der Waals surface area contributed by atoms with Gasteiger partial charge in [0.15, 0.2) is 5.78 Å². The first-order valence-corrected chi connectivity index (χ1v) is 6.84. The van der Waals surface area contributed by atoms with Crippen molar-refractivity contribution < 1.29 is 4.79 Å². The largest absolute Gasteiger partial charge is 0.289 e. The van der Waals surface area contributed by atoms with Crippen molar-refractivity contribution in [1.29, 1.82) is 0 Å². The Hall–Kier alpha value is -1.13. The van der Waals surface area contributed by atoms with Crippen molar-refractivity contribution in [3.8, 4) is 0 Å². The predicted octanol–water partition coefficient (Wildman–Crippen LogP) is 4.84. The van der Waals surface area contributed by atoms with Gasteiger partial charge < -0.3 is 0 Å². The van der Waals surface area contributed by atoms with Crippen LogP contribution in [0.3, 0.4) is 0 Å². The van der Waals surface area contributed by atoms with Crippen LogP contribution < -0.4 is 0 Å². The molecule has 0 atom stereocenters. The van der Waals surface area contributed by atoms with Gasteiger partial charge >= 0.3 is 0 Å². The molecule has 0 fully saturated rings. The molecule has 2 rings (SSSR count). The molecule has 0 spiro atoms. The molecular weight excluding hydrogens is 359 g/mol. The van der Waals surface area contributed by atoms with Crippen LogP contribution in [0, 0.1) is 3.57 Å². The number of halogens is 2. The van der Waals surface area contributed by atoms with Crippen LogP contribution in [0.2, 0.25) is 5.02 Å². The maximum absolute atomic E-state index is 11.9. The molecule has 1 nitrogen and oxygen atoms in total. The smallest absolute Gasteiger partial charge is 0.185 e. The molecular formula is C15H10ClIO. The molecule has 0 radical (unpaired) electrons. The second-order valence-corrected chi connectivity index (χ2v) is 5.44. The average molecular weight is 369 g/mol. The molecule has 18 heavy (non-hydrogen) atoms. The molecule has 0 aliphatic rings. The lowest BCUT2D eigenvalue weighted by Crippen LogP contribution is -1.93. The fourth-order valence-electron chi connectivity index (χ4n) is 1.46. The third-order valence-corrected chi connectivity index (χ3v) is 3.40. The zero-order chi connectivity index (χ0) is 13.0. The van der Waals surface area contributed by atoms with Gasteiger partial charge in [0.25, 0.3) is 0 Å². The fourth-order valence-corrected chi connectivity index (χ4v) is 1.94. The molecule has 0 aliphatic carbocycles. The first-order chi connectivity index (χ1) is 8.65. The molecule has 0 saturated heterocycles. The Morgan fingerprint density at radius 3 is 2.22 bits per heavy atom. The maximum atomic E-state index is 11.9. The van der Waals surface area contributed by atoms with Crippen molar-refractivity contribution in [3.63, 3.8) is 0 Å². The highest BCUT2D eigenvalue weighted by molar-refractivity contribution is 14.1. The van der Waals surface area contributed by atoms with Crippen LogP contribution in [0.15, 0.2) is 54.6 Å². The Morgan fingerprint density at radius 2 is 1.61 bits per heavy atom. The first kappa shape index (κ1) is 13.3. The SMILES string of the molecule is O=C(C=Cc1ccc(Cl)cc1)c1ccc(I)cc1. The van der Waals surface area contributed by atoms with Gasteiger partial charge in [-0.05, 0) is 58.5 Å². The van der Waals surface area contributed by atoms with E-state index in [1.165, 1.54) is 0 Å². The van der Waals surface area contributed by atoms with E-state index in [-0.39, 0.29) is 5.78 Å². The third kappa shape index (κ3) is 3.68. The molecule has 90 valence electrons. The Bertz CT molecular complexity index is 570. The van der Waals surface area contributed by atoms with E-state index >= 15 is 0 Å². The minimum atomic E-state index is 0.00125. The zero-order valence-electron chi connectivity index (χ0n) is 9.44. The third-order valence-electron chi connectivity index (χ3n) is 2.43. The summed E-state index contributed by atoms with van der Waals surface area (Å²) < 4.78 is 1.12. The Labute approximate surface area is 125 Å². The molecule has 2 aromatic rings. The first-order valence-electron chi connectivity index (χ1n) is 5.39. The van der Waals surface area contributed by atoms with Crippen LogP contribution >= 0.6 is 34.2 Å². The zero-order valence-corrected chi connectivity index (χ0v) is 12.4. The van der Waals surface area contributed by atoms with Crippen molar-refractivity contribution in [2.75, 3.05) is 0 Å². The van der Waals surface area contributed by atoms with Gasteiger partial charge in [0.2, 0.25) is 0 Å². The van der Waals surface area contributed by atoms with Gasteiger partial charge in [-0.3, -0.25) is 4.79 Å².